The van der Waals surface area contributed by atoms with E-state index in [2.05, 4.69) is 18.7 Å². The second kappa shape index (κ2) is 4.34. The van der Waals surface area contributed by atoms with Gasteiger partial charge in [0.25, 0.3) is 0 Å². The van der Waals surface area contributed by atoms with Crippen LogP contribution in [-0.2, 0) is 9.53 Å². The van der Waals surface area contributed by atoms with Crippen LogP contribution in [0.2, 0.25) is 0 Å². The Labute approximate surface area is 96.6 Å². The Balaban J connectivity index is 2.17. The van der Waals surface area contributed by atoms with Crippen LogP contribution >= 0.6 is 0 Å². The molecule has 0 saturated carbocycles. The van der Waals surface area contributed by atoms with Crippen molar-refractivity contribution in [2.45, 2.75) is 32.7 Å². The third-order valence-electron chi connectivity index (χ3n) is 4.19. The van der Waals surface area contributed by atoms with Gasteiger partial charge in [0, 0.05) is 37.8 Å². The minimum atomic E-state index is -0.634. The summed E-state index contributed by atoms with van der Waals surface area (Å²) in [4.78, 5) is 13.7. The van der Waals surface area contributed by atoms with Crippen molar-refractivity contribution in [3.63, 3.8) is 0 Å². The fraction of sp³-hybridized carbons (Fsp3) is 0.917. The number of hydrogen-bond donors (Lipinski definition) is 1. The molecule has 2 rings (SSSR count). The first-order valence-electron chi connectivity index (χ1n) is 6.10. The molecule has 4 nitrogen and oxygen atoms in total. The van der Waals surface area contributed by atoms with Crippen molar-refractivity contribution in [1.82, 2.24) is 4.90 Å². The van der Waals surface area contributed by atoms with Gasteiger partial charge in [-0.2, -0.15) is 0 Å². The summed E-state index contributed by atoms with van der Waals surface area (Å²) in [6.45, 7) is 7.33. The van der Waals surface area contributed by atoms with E-state index >= 15 is 0 Å². The summed E-state index contributed by atoms with van der Waals surface area (Å²) in [5.74, 6) is -0.844. The summed E-state index contributed by atoms with van der Waals surface area (Å²) in [5.41, 5.74) is -0.0334. The third kappa shape index (κ3) is 1.96. The first kappa shape index (κ1) is 11.9. The summed E-state index contributed by atoms with van der Waals surface area (Å²) in [7, 11) is 0. The molecule has 0 aromatic heterocycles. The molecule has 2 heterocycles. The van der Waals surface area contributed by atoms with Crippen LogP contribution in [0.15, 0.2) is 0 Å². The highest BCUT2D eigenvalue weighted by atomic mass is 16.5. The molecule has 2 saturated heterocycles. The molecular formula is C12H21NO3. The molecule has 0 amide bonds. The maximum absolute atomic E-state index is 11.4. The van der Waals surface area contributed by atoms with Crippen LogP contribution in [0.4, 0.5) is 0 Å². The van der Waals surface area contributed by atoms with Crippen LogP contribution in [0, 0.1) is 11.3 Å². The average molecular weight is 227 g/mol. The third-order valence-corrected chi connectivity index (χ3v) is 4.19. The van der Waals surface area contributed by atoms with E-state index in [-0.39, 0.29) is 11.3 Å². The monoisotopic (exact) mass is 227 g/mol. The van der Waals surface area contributed by atoms with Crippen LogP contribution in [0.25, 0.3) is 0 Å². The summed E-state index contributed by atoms with van der Waals surface area (Å²) in [6.07, 6.45) is 1.79. The SMILES string of the molecule is CC(C)N1CC(C(=O)O)C2(CCOCC2)C1. The number of ether oxygens (including phenoxy) is 1. The number of likely N-dealkylation sites (tertiary alicyclic amines) is 1. The fourth-order valence-electron chi connectivity index (χ4n) is 3.03. The van der Waals surface area contributed by atoms with Gasteiger partial charge in [-0.25, -0.2) is 0 Å². The Morgan fingerprint density at radius 2 is 2.06 bits per heavy atom. The van der Waals surface area contributed by atoms with Crippen molar-refractivity contribution in [2.24, 2.45) is 11.3 Å². The molecule has 4 heteroatoms. The van der Waals surface area contributed by atoms with Crippen LogP contribution in [0.1, 0.15) is 26.7 Å². The standard InChI is InChI=1S/C12H21NO3/c1-9(2)13-7-10(11(14)15)12(8-13)3-5-16-6-4-12/h9-10H,3-8H2,1-2H3,(H,14,15). The van der Waals surface area contributed by atoms with E-state index in [1.54, 1.807) is 0 Å². The van der Waals surface area contributed by atoms with Crippen LogP contribution in [0.5, 0.6) is 0 Å². The Bertz CT molecular complexity index is 271. The zero-order valence-corrected chi connectivity index (χ0v) is 10.1. The molecule has 2 aliphatic heterocycles. The van der Waals surface area contributed by atoms with E-state index in [4.69, 9.17) is 4.74 Å². The minimum absolute atomic E-state index is 0.0334. The smallest absolute Gasteiger partial charge is 0.308 e. The maximum Gasteiger partial charge on any atom is 0.308 e. The number of hydrogen-bond acceptors (Lipinski definition) is 3. The molecule has 0 aromatic carbocycles. The summed E-state index contributed by atoms with van der Waals surface area (Å²) in [5, 5.41) is 9.36. The number of nitrogens with zero attached hydrogens (tertiary/aromatic N) is 1. The molecule has 2 fully saturated rings. The number of carboxylic acid groups (broad SMARTS) is 1. The molecule has 0 radical (unpaired) electrons. The van der Waals surface area contributed by atoms with Crippen molar-refractivity contribution in [2.75, 3.05) is 26.3 Å². The van der Waals surface area contributed by atoms with Gasteiger partial charge in [0.1, 0.15) is 0 Å². The molecule has 0 aromatic rings. The highest BCUT2D eigenvalue weighted by Crippen LogP contribution is 2.44. The van der Waals surface area contributed by atoms with Gasteiger partial charge in [0.2, 0.25) is 0 Å². The fourth-order valence-corrected chi connectivity index (χ4v) is 3.03. The molecule has 0 bridgehead atoms. The van der Waals surface area contributed by atoms with Gasteiger partial charge >= 0.3 is 5.97 Å². The van der Waals surface area contributed by atoms with Crippen molar-refractivity contribution in [3.05, 3.63) is 0 Å². The van der Waals surface area contributed by atoms with Gasteiger partial charge in [-0.3, -0.25) is 9.69 Å². The lowest BCUT2D eigenvalue weighted by molar-refractivity contribution is -0.146. The Morgan fingerprint density at radius 1 is 1.44 bits per heavy atom. The first-order chi connectivity index (χ1) is 7.55. The first-order valence-corrected chi connectivity index (χ1v) is 6.10. The van der Waals surface area contributed by atoms with E-state index in [9.17, 15) is 9.90 Å². The molecule has 1 N–H and O–H groups in total. The molecule has 16 heavy (non-hydrogen) atoms. The summed E-state index contributed by atoms with van der Waals surface area (Å²) >= 11 is 0. The highest BCUT2D eigenvalue weighted by molar-refractivity contribution is 5.72. The molecule has 2 aliphatic rings. The number of carboxylic acids is 1. The topological polar surface area (TPSA) is 49.8 Å². The van der Waals surface area contributed by atoms with Gasteiger partial charge < -0.3 is 9.84 Å². The van der Waals surface area contributed by atoms with Crippen molar-refractivity contribution >= 4 is 5.97 Å². The zero-order chi connectivity index (χ0) is 11.8. The second-order valence-electron chi connectivity index (χ2n) is 5.39. The van der Waals surface area contributed by atoms with Crippen molar-refractivity contribution < 1.29 is 14.6 Å². The van der Waals surface area contributed by atoms with E-state index in [1.165, 1.54) is 0 Å². The van der Waals surface area contributed by atoms with Crippen LogP contribution in [0.3, 0.4) is 0 Å². The summed E-state index contributed by atoms with van der Waals surface area (Å²) in [6, 6.07) is 0.434. The number of rotatable bonds is 2. The molecule has 0 aliphatic carbocycles. The van der Waals surface area contributed by atoms with Crippen molar-refractivity contribution in [1.29, 1.82) is 0 Å². The van der Waals surface area contributed by atoms with Crippen LogP contribution < -0.4 is 0 Å². The second-order valence-corrected chi connectivity index (χ2v) is 5.39. The zero-order valence-electron chi connectivity index (χ0n) is 10.1. The molecule has 1 atom stereocenters. The Morgan fingerprint density at radius 3 is 2.56 bits per heavy atom. The number of aliphatic carboxylic acids is 1. The highest BCUT2D eigenvalue weighted by Gasteiger charge is 2.51. The Kier molecular flexibility index (Phi) is 3.22. The predicted octanol–water partition coefficient (Wildman–Crippen LogP) is 1.21. The lowest BCUT2D eigenvalue weighted by Gasteiger charge is -2.36. The average Bonchev–Trinajstić information content (AvgIpc) is 2.59. The van der Waals surface area contributed by atoms with Gasteiger partial charge in [0.15, 0.2) is 0 Å². The quantitative estimate of drug-likeness (QED) is 0.770. The summed E-state index contributed by atoms with van der Waals surface area (Å²) < 4.78 is 5.37. The van der Waals surface area contributed by atoms with Crippen molar-refractivity contribution in [3.8, 4) is 0 Å². The predicted molar refractivity (Wildman–Crippen MR) is 60.3 cm³/mol. The van der Waals surface area contributed by atoms with Gasteiger partial charge in [-0.1, -0.05) is 0 Å². The largest absolute Gasteiger partial charge is 0.481 e. The normalized spacial score (nSPS) is 30.1. The molecule has 1 spiro atoms. The molecular weight excluding hydrogens is 206 g/mol. The molecule has 92 valence electrons. The van der Waals surface area contributed by atoms with Crippen LogP contribution in [-0.4, -0.2) is 48.3 Å². The van der Waals surface area contributed by atoms with E-state index < -0.39 is 5.97 Å². The number of carbonyl (C=O) groups is 1. The van der Waals surface area contributed by atoms with E-state index in [1.807, 2.05) is 0 Å². The Hall–Kier alpha value is -0.610. The molecule has 1 unspecified atom stereocenters. The minimum Gasteiger partial charge on any atom is -0.481 e. The van der Waals surface area contributed by atoms with E-state index in [0.29, 0.717) is 12.6 Å². The lowest BCUT2D eigenvalue weighted by Crippen LogP contribution is -2.40. The van der Waals surface area contributed by atoms with Gasteiger partial charge in [0.05, 0.1) is 5.92 Å². The lowest BCUT2D eigenvalue weighted by atomic mass is 9.72. The maximum atomic E-state index is 11.4. The van der Waals surface area contributed by atoms with Gasteiger partial charge in [-0.15, -0.1) is 0 Å². The van der Waals surface area contributed by atoms with Gasteiger partial charge in [-0.05, 0) is 26.7 Å². The van der Waals surface area contributed by atoms with E-state index in [0.717, 1.165) is 32.6 Å².